The molecule has 10 rings (SSSR count). The summed E-state index contributed by atoms with van der Waals surface area (Å²) in [5.41, 5.74) is 5.30. The van der Waals surface area contributed by atoms with Gasteiger partial charge in [-0.2, -0.15) is 0 Å². The summed E-state index contributed by atoms with van der Waals surface area (Å²) in [6.07, 6.45) is 0. The number of thiophene rings is 1. The maximum Gasteiger partial charge on any atom is 0.162 e. The molecule has 0 saturated carbocycles. The van der Waals surface area contributed by atoms with Gasteiger partial charge in [0.05, 0.1) is 16.7 Å². The zero-order valence-corrected chi connectivity index (χ0v) is 25.5. The van der Waals surface area contributed by atoms with Crippen LogP contribution in [0.25, 0.3) is 92.7 Å². The highest BCUT2D eigenvalue weighted by atomic mass is 32.1. The Morgan fingerprint density at radius 1 is 0.435 bits per heavy atom. The van der Waals surface area contributed by atoms with Crippen molar-refractivity contribution in [2.24, 2.45) is 0 Å². The largest absolute Gasteiger partial charge is 0.292 e. The predicted octanol–water partition coefficient (Wildman–Crippen LogP) is 11.6. The SMILES string of the molecule is c1ccc(-c2cc(-n3c4c5ccccc5c5ccccc5c4c4c5ccccc5c5sccc5c43)nc(-c3ccccc3)n2)cc1. The minimum absolute atomic E-state index is 0.708. The van der Waals surface area contributed by atoms with E-state index in [1.165, 1.54) is 64.2 Å². The molecule has 0 spiro atoms. The van der Waals surface area contributed by atoms with E-state index in [-0.39, 0.29) is 0 Å². The Labute approximate surface area is 268 Å². The third-order valence-electron chi connectivity index (χ3n) is 9.24. The zero-order chi connectivity index (χ0) is 30.2. The summed E-state index contributed by atoms with van der Waals surface area (Å²) in [6, 6.07) is 51.8. The van der Waals surface area contributed by atoms with E-state index < -0.39 is 0 Å². The molecule has 214 valence electrons. The second-order valence-electron chi connectivity index (χ2n) is 11.7. The molecule has 0 atom stereocenters. The van der Waals surface area contributed by atoms with Crippen molar-refractivity contribution in [3.05, 3.63) is 151 Å². The van der Waals surface area contributed by atoms with Gasteiger partial charge < -0.3 is 0 Å². The maximum absolute atomic E-state index is 5.39. The van der Waals surface area contributed by atoms with Crippen molar-refractivity contribution >= 4 is 75.5 Å². The van der Waals surface area contributed by atoms with Gasteiger partial charge in [-0.25, -0.2) is 9.97 Å². The van der Waals surface area contributed by atoms with Gasteiger partial charge in [0, 0.05) is 48.8 Å². The highest BCUT2D eigenvalue weighted by molar-refractivity contribution is 7.18. The first-order valence-corrected chi connectivity index (χ1v) is 16.4. The van der Waals surface area contributed by atoms with Crippen molar-refractivity contribution in [1.29, 1.82) is 0 Å². The molecule has 0 unspecified atom stereocenters. The molecule has 46 heavy (non-hydrogen) atoms. The number of hydrogen-bond donors (Lipinski definition) is 0. The molecular formula is C42H25N3S. The summed E-state index contributed by atoms with van der Waals surface area (Å²) >= 11 is 1.81. The van der Waals surface area contributed by atoms with Gasteiger partial charge in [-0.3, -0.25) is 4.57 Å². The Hall–Kier alpha value is -5.84. The first kappa shape index (κ1) is 25.5. The van der Waals surface area contributed by atoms with Gasteiger partial charge in [-0.15, -0.1) is 11.3 Å². The fourth-order valence-electron chi connectivity index (χ4n) is 7.32. The number of rotatable bonds is 3. The first-order chi connectivity index (χ1) is 22.8. The molecule has 0 radical (unpaired) electrons. The van der Waals surface area contributed by atoms with Gasteiger partial charge in [0.2, 0.25) is 0 Å². The maximum atomic E-state index is 5.39. The fourth-order valence-corrected chi connectivity index (χ4v) is 8.26. The highest BCUT2D eigenvalue weighted by Gasteiger charge is 2.24. The van der Waals surface area contributed by atoms with E-state index in [9.17, 15) is 0 Å². The quantitative estimate of drug-likeness (QED) is 0.188. The topological polar surface area (TPSA) is 30.7 Å². The molecular weight excluding hydrogens is 579 g/mol. The first-order valence-electron chi connectivity index (χ1n) is 15.5. The monoisotopic (exact) mass is 603 g/mol. The molecule has 0 bridgehead atoms. The molecule has 3 aromatic heterocycles. The predicted molar refractivity (Wildman–Crippen MR) is 195 cm³/mol. The molecule has 7 aromatic carbocycles. The minimum atomic E-state index is 0.708. The van der Waals surface area contributed by atoms with E-state index in [4.69, 9.17) is 9.97 Å². The molecule has 0 N–H and O–H groups in total. The molecule has 0 fully saturated rings. The van der Waals surface area contributed by atoms with Crippen LogP contribution in [0.3, 0.4) is 0 Å². The van der Waals surface area contributed by atoms with Crippen molar-refractivity contribution < 1.29 is 0 Å². The van der Waals surface area contributed by atoms with E-state index in [1.54, 1.807) is 11.3 Å². The van der Waals surface area contributed by atoms with Crippen LogP contribution in [0.5, 0.6) is 0 Å². The summed E-state index contributed by atoms with van der Waals surface area (Å²) in [5, 5.41) is 13.5. The minimum Gasteiger partial charge on any atom is -0.292 e. The van der Waals surface area contributed by atoms with Crippen LogP contribution < -0.4 is 0 Å². The molecule has 10 aromatic rings. The van der Waals surface area contributed by atoms with Crippen molar-refractivity contribution in [2.75, 3.05) is 0 Å². The van der Waals surface area contributed by atoms with Crippen LogP contribution in [0.2, 0.25) is 0 Å². The number of hydrogen-bond acceptors (Lipinski definition) is 3. The Morgan fingerprint density at radius 2 is 0.957 bits per heavy atom. The molecule has 3 heterocycles. The van der Waals surface area contributed by atoms with Gasteiger partial charge in [0.1, 0.15) is 5.82 Å². The third-order valence-corrected chi connectivity index (χ3v) is 10.2. The van der Waals surface area contributed by atoms with Gasteiger partial charge >= 0.3 is 0 Å². The van der Waals surface area contributed by atoms with Crippen LogP contribution in [0.1, 0.15) is 0 Å². The van der Waals surface area contributed by atoms with Gasteiger partial charge in [-0.1, -0.05) is 133 Å². The van der Waals surface area contributed by atoms with E-state index in [0.717, 1.165) is 22.6 Å². The van der Waals surface area contributed by atoms with E-state index in [2.05, 4.69) is 143 Å². The molecule has 0 aliphatic heterocycles. The lowest BCUT2D eigenvalue weighted by Crippen LogP contribution is -2.03. The van der Waals surface area contributed by atoms with E-state index in [1.807, 2.05) is 12.1 Å². The lowest BCUT2D eigenvalue weighted by molar-refractivity contribution is 1.05. The average Bonchev–Trinajstić information content (AvgIpc) is 3.77. The lowest BCUT2D eigenvalue weighted by atomic mass is 9.94. The van der Waals surface area contributed by atoms with Crippen LogP contribution >= 0.6 is 11.3 Å². The Morgan fingerprint density at radius 3 is 1.65 bits per heavy atom. The molecule has 0 aliphatic carbocycles. The summed E-state index contributed by atoms with van der Waals surface area (Å²) in [5.74, 6) is 1.57. The van der Waals surface area contributed by atoms with Gasteiger partial charge in [-0.05, 0) is 33.0 Å². The molecule has 3 nitrogen and oxygen atoms in total. The van der Waals surface area contributed by atoms with Crippen LogP contribution in [0, 0.1) is 0 Å². The Balaban J connectivity index is 1.50. The number of aromatic nitrogens is 3. The second-order valence-corrected chi connectivity index (χ2v) is 12.7. The summed E-state index contributed by atoms with van der Waals surface area (Å²) in [4.78, 5) is 10.5. The zero-order valence-electron chi connectivity index (χ0n) is 24.7. The van der Waals surface area contributed by atoms with Gasteiger partial charge in [0.25, 0.3) is 0 Å². The second kappa shape index (κ2) is 9.83. The van der Waals surface area contributed by atoms with Crippen LogP contribution in [0.15, 0.2) is 151 Å². The van der Waals surface area contributed by atoms with E-state index >= 15 is 0 Å². The molecule has 0 amide bonds. The molecule has 4 heteroatoms. The normalized spacial score (nSPS) is 11.9. The molecule has 0 aliphatic rings. The van der Waals surface area contributed by atoms with Crippen molar-refractivity contribution in [1.82, 2.24) is 14.5 Å². The number of benzene rings is 7. The lowest BCUT2D eigenvalue weighted by Gasteiger charge is -2.14. The average molecular weight is 604 g/mol. The van der Waals surface area contributed by atoms with Crippen molar-refractivity contribution in [3.8, 4) is 28.5 Å². The summed E-state index contributed by atoms with van der Waals surface area (Å²) in [7, 11) is 0. The number of nitrogens with zero attached hydrogens (tertiary/aromatic N) is 3. The Kier molecular flexibility index (Phi) is 5.45. The smallest absolute Gasteiger partial charge is 0.162 e. The summed E-state index contributed by atoms with van der Waals surface area (Å²) in [6.45, 7) is 0. The Bertz CT molecular complexity index is 2740. The van der Waals surface area contributed by atoms with Crippen LogP contribution in [0.4, 0.5) is 0 Å². The van der Waals surface area contributed by atoms with Crippen molar-refractivity contribution in [2.45, 2.75) is 0 Å². The fraction of sp³-hybridized carbons (Fsp3) is 0. The van der Waals surface area contributed by atoms with Crippen LogP contribution in [-0.2, 0) is 0 Å². The van der Waals surface area contributed by atoms with E-state index in [0.29, 0.717) is 5.82 Å². The van der Waals surface area contributed by atoms with Gasteiger partial charge in [0.15, 0.2) is 5.82 Å². The number of fused-ring (bicyclic) bond motifs is 13. The molecule has 0 saturated heterocycles. The standard InChI is InChI=1S/C42H25N3S/c1-3-13-26(14-4-1)35-25-36(44-42(43-35)27-15-5-2-6-16-27)45-39-32-21-11-8-18-29(32)28-17-7-9-19-30(28)37(39)38-31-20-10-12-22-33(31)41-34(40(38)45)23-24-46-41/h1-25H. The van der Waals surface area contributed by atoms with Crippen LogP contribution in [-0.4, -0.2) is 14.5 Å². The highest BCUT2D eigenvalue weighted by Crippen LogP contribution is 2.48. The third kappa shape index (κ3) is 3.59. The van der Waals surface area contributed by atoms with Crippen molar-refractivity contribution in [3.63, 3.8) is 0 Å². The summed E-state index contributed by atoms with van der Waals surface area (Å²) < 4.78 is 3.72.